The number of likely N-dealkylation sites (tertiary alicyclic amines) is 1. The van der Waals surface area contributed by atoms with Crippen molar-refractivity contribution in [2.75, 3.05) is 19.6 Å². The summed E-state index contributed by atoms with van der Waals surface area (Å²) in [6.45, 7) is 10.1. The average molecular weight is 459 g/mol. The van der Waals surface area contributed by atoms with Crippen molar-refractivity contribution >= 4 is 29.9 Å². The van der Waals surface area contributed by atoms with Crippen molar-refractivity contribution in [2.24, 2.45) is 23.9 Å². The number of hydrogen-bond acceptors (Lipinski definition) is 3. The van der Waals surface area contributed by atoms with E-state index in [4.69, 9.17) is 9.73 Å². The van der Waals surface area contributed by atoms with Crippen LogP contribution in [0.2, 0.25) is 0 Å². The van der Waals surface area contributed by atoms with Gasteiger partial charge in [0.25, 0.3) is 0 Å². The molecule has 3 aliphatic heterocycles. The van der Waals surface area contributed by atoms with Gasteiger partial charge in [0.2, 0.25) is 0 Å². The zero-order valence-corrected chi connectivity index (χ0v) is 18.0. The summed E-state index contributed by atoms with van der Waals surface area (Å²) in [6, 6.07) is 0. The van der Waals surface area contributed by atoms with Crippen LogP contribution < -0.4 is 5.32 Å². The summed E-state index contributed by atoms with van der Waals surface area (Å²) < 4.78 is 8.04. The van der Waals surface area contributed by atoms with Crippen molar-refractivity contribution < 1.29 is 4.74 Å². The Morgan fingerprint density at radius 2 is 1.88 bits per heavy atom. The predicted molar refractivity (Wildman–Crippen MR) is 109 cm³/mol. The number of hydrogen-bond donors (Lipinski definition) is 1. The normalized spacial score (nSPS) is 30.6. The Kier molecular flexibility index (Phi) is 5.63. The van der Waals surface area contributed by atoms with Gasteiger partial charge in [0.15, 0.2) is 5.96 Å². The molecule has 0 amide bonds. The molecular formula is C18H30IN5O. The lowest BCUT2D eigenvalue weighted by molar-refractivity contribution is 0.0767. The Labute approximate surface area is 167 Å². The molecule has 140 valence electrons. The molecule has 25 heavy (non-hydrogen) atoms. The second-order valence-corrected chi connectivity index (χ2v) is 7.47. The van der Waals surface area contributed by atoms with Gasteiger partial charge in [-0.05, 0) is 33.6 Å². The van der Waals surface area contributed by atoms with Gasteiger partial charge >= 0.3 is 0 Å². The number of fused-ring (bicyclic) bond motifs is 5. The van der Waals surface area contributed by atoms with Crippen LogP contribution in [0.1, 0.15) is 36.7 Å². The van der Waals surface area contributed by atoms with Gasteiger partial charge in [-0.2, -0.15) is 5.10 Å². The highest BCUT2D eigenvalue weighted by atomic mass is 127. The highest BCUT2D eigenvalue weighted by Crippen LogP contribution is 2.47. The zero-order chi connectivity index (χ0) is 16.8. The number of aromatic nitrogens is 2. The molecule has 2 bridgehead atoms. The van der Waals surface area contributed by atoms with E-state index in [0.717, 1.165) is 31.3 Å². The van der Waals surface area contributed by atoms with E-state index in [1.807, 2.05) is 11.7 Å². The molecule has 0 aliphatic carbocycles. The molecule has 7 heteroatoms. The molecule has 6 nitrogen and oxygen atoms in total. The summed E-state index contributed by atoms with van der Waals surface area (Å²) in [5.74, 6) is 2.46. The molecule has 4 unspecified atom stereocenters. The molecule has 3 saturated heterocycles. The van der Waals surface area contributed by atoms with Crippen molar-refractivity contribution in [1.82, 2.24) is 20.0 Å². The van der Waals surface area contributed by atoms with Crippen molar-refractivity contribution in [1.29, 1.82) is 0 Å². The van der Waals surface area contributed by atoms with Crippen LogP contribution in [-0.4, -0.2) is 52.5 Å². The van der Waals surface area contributed by atoms with Crippen LogP contribution in [0.25, 0.3) is 0 Å². The minimum Gasteiger partial charge on any atom is -0.374 e. The van der Waals surface area contributed by atoms with E-state index in [1.165, 1.54) is 24.1 Å². The molecule has 1 aromatic heterocycles. The molecule has 4 rings (SSSR count). The Balaban J connectivity index is 0.00000182. The Morgan fingerprint density at radius 1 is 1.24 bits per heavy atom. The highest BCUT2D eigenvalue weighted by molar-refractivity contribution is 14.0. The molecule has 0 aromatic carbocycles. The van der Waals surface area contributed by atoms with E-state index < -0.39 is 0 Å². The Morgan fingerprint density at radius 3 is 2.40 bits per heavy atom. The number of halogens is 1. The van der Waals surface area contributed by atoms with E-state index in [9.17, 15) is 0 Å². The number of aryl methyl sites for hydroxylation is 2. The molecule has 1 N–H and O–H groups in total. The highest BCUT2D eigenvalue weighted by Gasteiger charge is 2.53. The van der Waals surface area contributed by atoms with Crippen LogP contribution in [0.5, 0.6) is 0 Å². The predicted octanol–water partition coefficient (Wildman–Crippen LogP) is 2.23. The maximum atomic E-state index is 6.09. The lowest BCUT2D eigenvalue weighted by atomic mass is 9.82. The third-order valence-corrected chi connectivity index (χ3v) is 6.13. The minimum atomic E-state index is 0. The second kappa shape index (κ2) is 7.42. The van der Waals surface area contributed by atoms with Crippen LogP contribution in [0, 0.1) is 25.7 Å². The van der Waals surface area contributed by atoms with E-state index in [0.29, 0.717) is 30.6 Å². The molecule has 0 radical (unpaired) electrons. The van der Waals surface area contributed by atoms with Gasteiger partial charge in [0.1, 0.15) is 0 Å². The fraction of sp³-hybridized carbons (Fsp3) is 0.778. The van der Waals surface area contributed by atoms with Crippen LogP contribution in [-0.2, 0) is 18.3 Å². The van der Waals surface area contributed by atoms with Crippen molar-refractivity contribution in [2.45, 2.75) is 52.4 Å². The van der Waals surface area contributed by atoms with E-state index in [1.54, 1.807) is 0 Å². The number of nitrogens with one attached hydrogen (secondary N) is 1. The Hall–Kier alpha value is -0.830. The fourth-order valence-electron chi connectivity index (χ4n) is 4.76. The molecule has 4 atom stereocenters. The number of guanidine groups is 1. The number of ether oxygens (including phenoxy) is 1. The molecule has 0 spiro atoms. The first kappa shape index (κ1) is 18.9. The third kappa shape index (κ3) is 3.29. The summed E-state index contributed by atoms with van der Waals surface area (Å²) in [5.41, 5.74) is 3.53. The SMILES string of the molecule is CCNC(=NCc1c(C)nn(C)c1C)N1CC2C3CCC(O3)C2C1.I. The summed E-state index contributed by atoms with van der Waals surface area (Å²) in [4.78, 5) is 7.39. The largest absolute Gasteiger partial charge is 0.374 e. The molecule has 1 aromatic rings. The van der Waals surface area contributed by atoms with Crippen LogP contribution >= 0.6 is 24.0 Å². The maximum absolute atomic E-state index is 6.09. The van der Waals surface area contributed by atoms with Gasteiger partial charge in [-0.15, -0.1) is 24.0 Å². The van der Waals surface area contributed by atoms with Crippen molar-refractivity contribution in [3.63, 3.8) is 0 Å². The number of aliphatic imine (C=N–C) groups is 1. The minimum absolute atomic E-state index is 0. The molecule has 3 fully saturated rings. The molecule has 0 saturated carbocycles. The van der Waals surface area contributed by atoms with Crippen molar-refractivity contribution in [3.8, 4) is 0 Å². The first-order valence-electron chi connectivity index (χ1n) is 9.26. The molecule has 4 heterocycles. The monoisotopic (exact) mass is 459 g/mol. The summed E-state index contributed by atoms with van der Waals surface area (Å²) >= 11 is 0. The van der Waals surface area contributed by atoms with Crippen LogP contribution in [0.3, 0.4) is 0 Å². The smallest absolute Gasteiger partial charge is 0.194 e. The molecular weight excluding hydrogens is 429 g/mol. The van der Waals surface area contributed by atoms with Gasteiger partial charge in [0.05, 0.1) is 24.4 Å². The first-order valence-corrected chi connectivity index (χ1v) is 9.26. The van der Waals surface area contributed by atoms with Gasteiger partial charge < -0.3 is 15.0 Å². The maximum Gasteiger partial charge on any atom is 0.194 e. The van der Waals surface area contributed by atoms with E-state index >= 15 is 0 Å². The standard InChI is InChI=1S/C18H29N5O.HI/c1-5-19-18(20-8-13-11(2)21-22(4)12(13)3)23-9-14-15(10-23)17-7-6-16(14)24-17;/h14-17H,5-10H2,1-4H3,(H,19,20);1H. The summed E-state index contributed by atoms with van der Waals surface area (Å²) in [6.07, 6.45) is 3.49. The quantitative estimate of drug-likeness (QED) is 0.428. The first-order chi connectivity index (χ1) is 11.6. The van der Waals surface area contributed by atoms with Gasteiger partial charge in [-0.1, -0.05) is 0 Å². The van der Waals surface area contributed by atoms with Crippen LogP contribution in [0.15, 0.2) is 4.99 Å². The lowest BCUT2D eigenvalue weighted by Gasteiger charge is -2.23. The third-order valence-electron chi connectivity index (χ3n) is 6.13. The number of nitrogens with zero attached hydrogens (tertiary/aromatic N) is 4. The number of rotatable bonds is 3. The van der Waals surface area contributed by atoms with Gasteiger partial charge in [0, 0.05) is 49.8 Å². The second-order valence-electron chi connectivity index (χ2n) is 7.47. The van der Waals surface area contributed by atoms with Crippen molar-refractivity contribution in [3.05, 3.63) is 17.0 Å². The zero-order valence-electron chi connectivity index (χ0n) is 15.7. The summed E-state index contributed by atoms with van der Waals surface area (Å²) in [7, 11) is 2.00. The Bertz CT molecular complexity index is 640. The van der Waals surface area contributed by atoms with Crippen LogP contribution in [0.4, 0.5) is 0 Å². The summed E-state index contributed by atoms with van der Waals surface area (Å²) in [5, 5.41) is 7.99. The van der Waals surface area contributed by atoms with Gasteiger partial charge in [-0.3, -0.25) is 4.68 Å². The fourth-order valence-corrected chi connectivity index (χ4v) is 4.76. The van der Waals surface area contributed by atoms with Gasteiger partial charge in [-0.25, -0.2) is 4.99 Å². The van der Waals surface area contributed by atoms with E-state index in [-0.39, 0.29) is 24.0 Å². The average Bonchev–Trinajstić information content (AvgIpc) is 3.28. The lowest BCUT2D eigenvalue weighted by Crippen LogP contribution is -2.41. The topological polar surface area (TPSA) is 54.7 Å². The molecule has 3 aliphatic rings. The van der Waals surface area contributed by atoms with E-state index in [2.05, 4.69) is 36.1 Å².